The first-order chi connectivity index (χ1) is 7.11. The zero-order valence-corrected chi connectivity index (χ0v) is 11.3. The van der Waals surface area contributed by atoms with E-state index in [1.165, 1.54) is 0 Å². The quantitative estimate of drug-likeness (QED) is 0.282. The maximum Gasteiger partial charge on any atom is 0.246 e. The van der Waals surface area contributed by atoms with Crippen molar-refractivity contribution in [3.05, 3.63) is 12.2 Å². The van der Waals surface area contributed by atoms with Crippen LogP contribution in [0.25, 0.3) is 0 Å². The maximum atomic E-state index is 11.1. The van der Waals surface area contributed by atoms with Crippen LogP contribution in [0.3, 0.4) is 0 Å². The van der Waals surface area contributed by atoms with Crippen molar-refractivity contribution >= 4 is 15.4 Å². The predicted octanol–water partition coefficient (Wildman–Crippen LogP) is 0.232. The van der Waals surface area contributed by atoms with Crippen LogP contribution in [-0.4, -0.2) is 42.1 Å². The summed E-state index contributed by atoms with van der Waals surface area (Å²) in [6.45, 7) is 5.98. The van der Waals surface area contributed by atoms with Crippen molar-refractivity contribution in [2.45, 2.75) is 25.3 Å². The van der Waals surface area contributed by atoms with Gasteiger partial charge < -0.3 is 14.8 Å². The average Bonchev–Trinajstić information content (AvgIpc) is 2.23. The van der Waals surface area contributed by atoms with Crippen molar-refractivity contribution in [2.75, 3.05) is 20.8 Å². The summed E-state index contributed by atoms with van der Waals surface area (Å²) in [5.74, 6) is -0.0615. The van der Waals surface area contributed by atoms with Crippen LogP contribution >= 0.6 is 0 Å². The number of methoxy groups -OCH3 is 2. The molecule has 0 heterocycles. The summed E-state index contributed by atoms with van der Waals surface area (Å²) >= 11 is 0. The van der Waals surface area contributed by atoms with Crippen molar-refractivity contribution in [3.63, 3.8) is 0 Å². The standard InChI is InChI=1S/C10H21NO3Si/c1-8(2)9(12)11-6-5-7-15-10(13-3)14-4/h10H,1,5-7,15H2,2-4H3,(H,11,12). The Morgan fingerprint density at radius 1 is 1.47 bits per heavy atom. The number of hydrogen-bond donors (Lipinski definition) is 1. The third kappa shape index (κ3) is 7.30. The number of ether oxygens (including phenoxy) is 2. The summed E-state index contributed by atoms with van der Waals surface area (Å²) in [6.07, 6.45) is 0.981. The van der Waals surface area contributed by atoms with Crippen LogP contribution in [-0.2, 0) is 14.3 Å². The average molecular weight is 231 g/mol. The highest BCUT2D eigenvalue weighted by Gasteiger charge is 2.05. The number of carbonyl (C=O) groups excluding carboxylic acids is 1. The molecule has 0 aliphatic heterocycles. The summed E-state index contributed by atoms with van der Waals surface area (Å²) in [6, 6.07) is 1.10. The Balaban J connectivity index is 3.39. The number of nitrogens with one attached hydrogen (secondary N) is 1. The molecule has 0 fully saturated rings. The lowest BCUT2D eigenvalue weighted by atomic mass is 10.3. The zero-order valence-electron chi connectivity index (χ0n) is 9.84. The van der Waals surface area contributed by atoms with Gasteiger partial charge in [0.15, 0.2) is 0 Å². The fraction of sp³-hybridized carbons (Fsp3) is 0.700. The largest absolute Gasteiger partial charge is 0.360 e. The highest BCUT2D eigenvalue weighted by molar-refractivity contribution is 6.36. The van der Waals surface area contributed by atoms with Crippen molar-refractivity contribution in [1.82, 2.24) is 5.32 Å². The van der Waals surface area contributed by atoms with E-state index in [1.807, 2.05) is 0 Å². The molecule has 0 bridgehead atoms. The smallest absolute Gasteiger partial charge is 0.246 e. The molecule has 0 unspecified atom stereocenters. The van der Waals surface area contributed by atoms with Crippen molar-refractivity contribution in [1.29, 1.82) is 0 Å². The molecule has 0 aliphatic carbocycles. The molecule has 0 saturated carbocycles. The van der Waals surface area contributed by atoms with Crippen LogP contribution in [0, 0.1) is 0 Å². The molecule has 1 amide bonds. The molecule has 0 radical (unpaired) electrons. The van der Waals surface area contributed by atoms with Gasteiger partial charge in [0, 0.05) is 26.3 Å². The lowest BCUT2D eigenvalue weighted by molar-refractivity contribution is -0.117. The van der Waals surface area contributed by atoms with E-state index in [4.69, 9.17) is 9.47 Å². The molecule has 0 rings (SSSR count). The predicted molar refractivity (Wildman–Crippen MR) is 63.6 cm³/mol. The lowest BCUT2D eigenvalue weighted by Gasteiger charge is -2.12. The van der Waals surface area contributed by atoms with Gasteiger partial charge in [-0.05, 0) is 13.3 Å². The van der Waals surface area contributed by atoms with Crippen LogP contribution in [0.2, 0.25) is 6.04 Å². The van der Waals surface area contributed by atoms with Gasteiger partial charge in [0.25, 0.3) is 0 Å². The number of rotatable bonds is 8. The summed E-state index contributed by atoms with van der Waals surface area (Å²) < 4.78 is 10.2. The normalized spacial score (nSPS) is 11.2. The molecule has 0 aromatic heterocycles. The Morgan fingerprint density at radius 2 is 2.07 bits per heavy atom. The first kappa shape index (κ1) is 14.3. The van der Waals surface area contributed by atoms with Gasteiger partial charge >= 0.3 is 0 Å². The monoisotopic (exact) mass is 231 g/mol. The molecule has 15 heavy (non-hydrogen) atoms. The molecule has 88 valence electrons. The van der Waals surface area contributed by atoms with Gasteiger partial charge in [-0.25, -0.2) is 0 Å². The van der Waals surface area contributed by atoms with E-state index in [-0.39, 0.29) is 21.3 Å². The first-order valence-corrected chi connectivity index (χ1v) is 6.92. The Kier molecular flexibility index (Phi) is 8.26. The minimum atomic E-state index is -0.357. The van der Waals surface area contributed by atoms with E-state index in [9.17, 15) is 4.79 Å². The second-order valence-electron chi connectivity index (χ2n) is 3.43. The molecule has 0 spiro atoms. The molecule has 0 atom stereocenters. The molecule has 4 nitrogen and oxygen atoms in total. The highest BCUT2D eigenvalue weighted by Crippen LogP contribution is 1.95. The molecule has 0 saturated heterocycles. The number of hydrogen-bond acceptors (Lipinski definition) is 3. The van der Waals surface area contributed by atoms with E-state index < -0.39 is 0 Å². The molecule has 0 aromatic carbocycles. The highest BCUT2D eigenvalue weighted by atomic mass is 28.2. The second kappa shape index (κ2) is 8.64. The van der Waals surface area contributed by atoms with Gasteiger partial charge in [-0.3, -0.25) is 4.79 Å². The second-order valence-corrected chi connectivity index (χ2v) is 5.38. The van der Waals surface area contributed by atoms with Crippen LogP contribution in [0.5, 0.6) is 0 Å². The van der Waals surface area contributed by atoms with Crippen molar-refractivity contribution in [2.24, 2.45) is 0 Å². The molecule has 1 N–H and O–H groups in total. The van der Waals surface area contributed by atoms with Gasteiger partial charge in [0.2, 0.25) is 5.91 Å². The summed E-state index contributed by atoms with van der Waals surface area (Å²) in [7, 11) is 2.96. The van der Waals surface area contributed by atoms with E-state index in [1.54, 1.807) is 21.1 Å². The van der Waals surface area contributed by atoms with Gasteiger partial charge in [-0.2, -0.15) is 0 Å². The van der Waals surface area contributed by atoms with Crippen LogP contribution in [0.1, 0.15) is 13.3 Å². The third-order valence-electron chi connectivity index (χ3n) is 2.07. The summed E-state index contributed by atoms with van der Waals surface area (Å²) in [5.41, 5.74) is 0.555. The minimum Gasteiger partial charge on any atom is -0.360 e. The molecular formula is C10H21NO3Si. The molecule has 0 aliphatic rings. The maximum absolute atomic E-state index is 11.1. The van der Waals surface area contributed by atoms with Gasteiger partial charge in [0.05, 0.1) is 9.52 Å². The summed E-state index contributed by atoms with van der Waals surface area (Å²) in [4.78, 5) is 11.1. The van der Waals surface area contributed by atoms with Gasteiger partial charge in [-0.1, -0.05) is 12.6 Å². The van der Waals surface area contributed by atoms with Crippen LogP contribution in [0.4, 0.5) is 0 Å². The first-order valence-electron chi connectivity index (χ1n) is 5.11. The topological polar surface area (TPSA) is 47.6 Å². The number of carbonyl (C=O) groups is 1. The molecule has 5 heteroatoms. The van der Waals surface area contributed by atoms with Crippen LogP contribution < -0.4 is 5.32 Å². The summed E-state index contributed by atoms with van der Waals surface area (Å²) in [5, 5.41) is 2.79. The fourth-order valence-corrected chi connectivity index (χ4v) is 2.46. The lowest BCUT2D eigenvalue weighted by Crippen LogP contribution is -2.26. The fourth-order valence-electron chi connectivity index (χ4n) is 1.12. The van der Waals surface area contributed by atoms with Gasteiger partial charge in [-0.15, -0.1) is 0 Å². The van der Waals surface area contributed by atoms with E-state index >= 15 is 0 Å². The molecular weight excluding hydrogens is 210 g/mol. The Hall–Kier alpha value is -0.653. The number of amides is 1. The van der Waals surface area contributed by atoms with Crippen molar-refractivity contribution < 1.29 is 14.3 Å². The Bertz CT molecular complexity index is 205. The third-order valence-corrected chi connectivity index (χ3v) is 4.11. The molecule has 0 aromatic rings. The Morgan fingerprint density at radius 3 is 2.53 bits per heavy atom. The van der Waals surface area contributed by atoms with Crippen LogP contribution in [0.15, 0.2) is 12.2 Å². The Labute approximate surface area is 93.8 Å². The SMILES string of the molecule is C=C(C)C(=O)NCCC[SiH2]C(OC)OC. The minimum absolute atomic E-state index is 0.00171. The van der Waals surface area contributed by atoms with E-state index in [2.05, 4.69) is 11.9 Å². The van der Waals surface area contributed by atoms with E-state index in [0.717, 1.165) is 12.5 Å². The van der Waals surface area contributed by atoms with Crippen molar-refractivity contribution in [3.8, 4) is 0 Å². The van der Waals surface area contributed by atoms with Gasteiger partial charge in [0.1, 0.15) is 5.91 Å². The van der Waals surface area contributed by atoms with E-state index in [0.29, 0.717) is 12.1 Å². The zero-order chi connectivity index (χ0) is 11.7.